The van der Waals surface area contributed by atoms with E-state index >= 15 is 0 Å². The zero-order chi connectivity index (χ0) is 22.1. The molecule has 11 nitrogen and oxygen atoms in total. The second-order valence-corrected chi connectivity index (χ2v) is 8.66. The van der Waals surface area contributed by atoms with Crippen LogP contribution in [0.1, 0.15) is 5.69 Å². The Labute approximate surface area is 183 Å². The van der Waals surface area contributed by atoms with Crippen molar-refractivity contribution < 1.29 is 29.3 Å². The summed E-state index contributed by atoms with van der Waals surface area (Å²) in [6, 6.07) is 4.49. The lowest BCUT2D eigenvalue weighted by atomic mass is 10.0. The van der Waals surface area contributed by atoms with E-state index in [1.54, 1.807) is 17.0 Å². The van der Waals surface area contributed by atoms with Crippen molar-refractivity contribution in [1.82, 2.24) is 15.2 Å². The highest BCUT2D eigenvalue weighted by molar-refractivity contribution is 8.00. The summed E-state index contributed by atoms with van der Waals surface area (Å²) in [4.78, 5) is 42.1. The third-order valence-corrected chi connectivity index (χ3v) is 6.77. The first kappa shape index (κ1) is 20.8. The number of pyridine rings is 1. The Morgan fingerprint density at radius 3 is 2.74 bits per heavy atom. The molecule has 160 valence electrons. The van der Waals surface area contributed by atoms with Gasteiger partial charge in [0.25, 0.3) is 11.8 Å². The van der Waals surface area contributed by atoms with Gasteiger partial charge in [0, 0.05) is 28.8 Å². The first-order chi connectivity index (χ1) is 14.9. The van der Waals surface area contributed by atoms with Crippen LogP contribution in [0.25, 0.3) is 0 Å². The number of carboxylic acid groups (broad SMARTS) is 1. The summed E-state index contributed by atoms with van der Waals surface area (Å²) in [6.07, 6.45) is 3.58. The van der Waals surface area contributed by atoms with Gasteiger partial charge in [-0.3, -0.25) is 14.5 Å². The van der Waals surface area contributed by atoms with Gasteiger partial charge < -0.3 is 26.2 Å². The first-order valence-electron chi connectivity index (χ1n) is 8.97. The molecule has 4 rings (SSSR count). The number of aromatic nitrogens is 2. The summed E-state index contributed by atoms with van der Waals surface area (Å²) in [7, 11) is 0. The number of oxime groups is 1. The smallest absolute Gasteiger partial charge is 0.276 e. The number of amides is 2. The van der Waals surface area contributed by atoms with Gasteiger partial charge in [0.05, 0.1) is 11.7 Å². The normalized spacial score (nSPS) is 20.8. The van der Waals surface area contributed by atoms with Crippen LogP contribution in [0.3, 0.4) is 0 Å². The maximum absolute atomic E-state index is 12.7. The number of nitrogens with two attached hydrogens (primary N) is 1. The molecule has 0 radical (unpaired) electrons. The van der Waals surface area contributed by atoms with Gasteiger partial charge in [-0.1, -0.05) is 11.2 Å². The van der Waals surface area contributed by atoms with Gasteiger partial charge in [-0.05, 0) is 0 Å². The lowest BCUT2D eigenvalue weighted by Crippen LogP contribution is -2.71. The van der Waals surface area contributed by atoms with Gasteiger partial charge in [0.2, 0.25) is 0 Å². The average Bonchev–Trinajstić information content (AvgIpc) is 3.18. The Kier molecular flexibility index (Phi) is 5.61. The molecule has 0 unspecified atom stereocenters. The molecule has 0 spiro atoms. The van der Waals surface area contributed by atoms with Gasteiger partial charge in [-0.25, -0.2) is 9.55 Å². The lowest BCUT2D eigenvalue weighted by molar-refractivity contribution is -0.689. The molecule has 2 aliphatic heterocycles. The van der Waals surface area contributed by atoms with Crippen LogP contribution in [-0.4, -0.2) is 55.8 Å². The van der Waals surface area contributed by atoms with Crippen molar-refractivity contribution in [3.05, 3.63) is 52.9 Å². The zero-order valence-electron chi connectivity index (χ0n) is 15.8. The maximum atomic E-state index is 12.7. The summed E-state index contributed by atoms with van der Waals surface area (Å²) in [5, 5.41) is 27.5. The lowest BCUT2D eigenvalue weighted by Gasteiger charge is -2.50. The van der Waals surface area contributed by atoms with Crippen molar-refractivity contribution in [3.8, 4) is 0 Å². The van der Waals surface area contributed by atoms with Crippen LogP contribution in [0.4, 0.5) is 5.13 Å². The molecule has 4 N–H and O–H groups in total. The molecule has 31 heavy (non-hydrogen) atoms. The number of fused-ring (bicyclic) bond motifs is 1. The fraction of sp³-hybridized carbons (Fsp3) is 0.222. The molecule has 1 saturated heterocycles. The van der Waals surface area contributed by atoms with E-state index in [1.165, 1.54) is 17.1 Å². The van der Waals surface area contributed by atoms with Crippen LogP contribution in [-0.2, 0) is 20.9 Å². The van der Waals surface area contributed by atoms with E-state index in [0.717, 1.165) is 16.2 Å². The van der Waals surface area contributed by atoms with E-state index in [2.05, 4.69) is 15.5 Å². The number of β-lactam (4-membered cyclic amide) rings is 1. The summed E-state index contributed by atoms with van der Waals surface area (Å²) in [5.41, 5.74) is 5.57. The molecule has 2 aromatic heterocycles. The molecule has 2 aromatic rings. The number of carbonyl (C=O) groups excluding carboxylic acids is 3. The van der Waals surface area contributed by atoms with E-state index in [1.807, 2.05) is 18.2 Å². The minimum absolute atomic E-state index is 0.0694. The third-order valence-electron chi connectivity index (χ3n) is 4.76. The van der Waals surface area contributed by atoms with Gasteiger partial charge in [-0.15, -0.1) is 23.1 Å². The summed E-state index contributed by atoms with van der Waals surface area (Å²) in [5.74, 6) is -2.52. The van der Waals surface area contributed by atoms with Crippen molar-refractivity contribution >= 4 is 51.7 Å². The monoisotopic (exact) mass is 460 g/mol. The number of aliphatic carboxylic acids is 1. The predicted molar refractivity (Wildman–Crippen MR) is 109 cm³/mol. The Bertz CT molecular complexity index is 1120. The predicted octanol–water partition coefficient (Wildman–Crippen LogP) is -1.70. The van der Waals surface area contributed by atoms with E-state index in [9.17, 15) is 24.7 Å². The SMILES string of the molecule is Nc1nc(/C(=N/O)C(=O)N[C@@H]2C(=O)N3C(C(=O)[O-])=C(C[n+]4ccccc4)CS[C@H]23)cs1. The summed E-state index contributed by atoms with van der Waals surface area (Å²) in [6.45, 7) is 0.289. The van der Waals surface area contributed by atoms with E-state index in [0.29, 0.717) is 11.3 Å². The molecule has 2 atom stereocenters. The second kappa shape index (κ2) is 8.35. The Balaban J connectivity index is 1.52. The number of hydrogen-bond donors (Lipinski definition) is 3. The number of thioether (sulfide) groups is 1. The van der Waals surface area contributed by atoms with E-state index in [-0.39, 0.29) is 23.1 Å². The topological polar surface area (TPSA) is 165 Å². The molecule has 1 fully saturated rings. The van der Waals surface area contributed by atoms with Gasteiger partial charge in [0.1, 0.15) is 17.1 Å². The van der Waals surface area contributed by atoms with Gasteiger partial charge in [0.15, 0.2) is 29.8 Å². The molecular formula is C18H16N6O5S2. The highest BCUT2D eigenvalue weighted by Crippen LogP contribution is 2.40. The number of carbonyl (C=O) groups is 3. The van der Waals surface area contributed by atoms with Gasteiger partial charge in [-0.2, -0.15) is 0 Å². The Morgan fingerprint density at radius 2 is 2.13 bits per heavy atom. The molecule has 2 aliphatic rings. The molecule has 2 amide bonds. The molecule has 0 aliphatic carbocycles. The Morgan fingerprint density at radius 1 is 1.39 bits per heavy atom. The second-order valence-electron chi connectivity index (χ2n) is 6.67. The molecule has 0 aromatic carbocycles. The third kappa shape index (κ3) is 3.84. The largest absolute Gasteiger partial charge is 0.543 e. The van der Waals surface area contributed by atoms with Crippen LogP contribution >= 0.6 is 23.1 Å². The zero-order valence-corrected chi connectivity index (χ0v) is 17.4. The summed E-state index contributed by atoms with van der Waals surface area (Å²) >= 11 is 2.39. The van der Waals surface area contributed by atoms with E-state index < -0.39 is 34.9 Å². The summed E-state index contributed by atoms with van der Waals surface area (Å²) < 4.78 is 1.80. The van der Waals surface area contributed by atoms with Crippen molar-refractivity contribution in [3.63, 3.8) is 0 Å². The van der Waals surface area contributed by atoms with Crippen LogP contribution in [0.5, 0.6) is 0 Å². The highest BCUT2D eigenvalue weighted by atomic mass is 32.2. The average molecular weight is 460 g/mol. The number of hydrogen-bond acceptors (Lipinski definition) is 10. The van der Waals surface area contributed by atoms with Crippen molar-refractivity contribution in [1.29, 1.82) is 0 Å². The van der Waals surface area contributed by atoms with Gasteiger partial charge >= 0.3 is 0 Å². The Hall–Kier alpha value is -3.45. The number of nitrogens with one attached hydrogen (secondary N) is 1. The molecular weight excluding hydrogens is 444 g/mol. The number of carboxylic acids is 1. The van der Waals surface area contributed by atoms with Crippen LogP contribution in [0, 0.1) is 0 Å². The molecule has 13 heteroatoms. The van der Waals surface area contributed by atoms with E-state index in [4.69, 9.17) is 5.73 Å². The van der Waals surface area contributed by atoms with Crippen LogP contribution in [0.15, 0.2) is 52.4 Å². The fourth-order valence-corrected chi connectivity index (χ4v) is 5.26. The van der Waals surface area contributed by atoms with Crippen molar-refractivity contribution in [2.75, 3.05) is 11.5 Å². The number of rotatable bonds is 6. The van der Waals surface area contributed by atoms with Crippen molar-refractivity contribution in [2.24, 2.45) is 5.16 Å². The number of nitrogen functional groups attached to an aromatic ring is 1. The fourth-order valence-electron chi connectivity index (χ4n) is 3.37. The molecule has 0 saturated carbocycles. The van der Waals surface area contributed by atoms with Crippen LogP contribution in [0.2, 0.25) is 0 Å². The van der Waals surface area contributed by atoms with Crippen molar-refractivity contribution in [2.45, 2.75) is 18.0 Å². The number of thiazole rings is 1. The number of anilines is 1. The van der Waals surface area contributed by atoms with Crippen LogP contribution < -0.4 is 20.7 Å². The maximum Gasteiger partial charge on any atom is 0.276 e. The molecule has 0 bridgehead atoms. The number of nitrogens with zero attached hydrogens (tertiary/aromatic N) is 4. The molecule has 4 heterocycles. The minimum atomic E-state index is -1.45. The standard InChI is InChI=1S/C18H16N6O5S2/c19-18-20-10(8-31-18)11(22-29)14(25)21-12-15(26)24-13(17(27)28)9(7-30-16(12)24)6-23-4-2-1-3-5-23/h1-5,8,12,16H,6-7H2,(H4-,19,20,21,25,27,28,29)/t12-,16-/m1/s1. The minimum Gasteiger partial charge on any atom is -0.543 e. The first-order valence-corrected chi connectivity index (χ1v) is 10.9. The quantitative estimate of drug-likeness (QED) is 0.151. The highest BCUT2D eigenvalue weighted by Gasteiger charge is 2.53.